The summed E-state index contributed by atoms with van der Waals surface area (Å²) in [5.74, 6) is 6.25. The normalized spacial score (nSPS) is 16.0. The molecule has 9 heterocycles. The van der Waals surface area contributed by atoms with E-state index in [9.17, 15) is 5.11 Å². The van der Waals surface area contributed by atoms with E-state index in [1.54, 1.807) is 13.0 Å². The van der Waals surface area contributed by atoms with Gasteiger partial charge < -0.3 is 43.7 Å². The Morgan fingerprint density at radius 1 is 0.325 bits per heavy atom. The molecule has 4 aliphatic carbocycles. The minimum atomic E-state index is 0.177. The van der Waals surface area contributed by atoms with Crippen molar-refractivity contribution in [2.45, 2.75) is 458 Å². The Kier molecular flexibility index (Phi) is 53.9. The summed E-state index contributed by atoms with van der Waals surface area (Å²) in [6.07, 6.45) is 81.5. The molecule has 0 aromatic carbocycles. The number of hydrogen-bond donors (Lipinski definition) is 1. The SMILES string of the molecule is CCBr.CCCCCCCCCCCCCCCCc1cc(OC2CCC2)nc(N2CCC2)n1.CCCCCCCCCCCCCCCCc1nc(N2CCC2)nc(OC2CCC2)c1Br.CCCCCCCCCCCCCCCCc1nc(N2CCC2)nc(OC2CCC2)c1O.Cc1cc(Cl)nc(Cl)n1.Cc1cc(OC2CCC2)nc(N2CCC2)n1. The fourth-order valence-corrected chi connectivity index (χ4v) is 16.8. The van der Waals surface area contributed by atoms with Crippen molar-refractivity contribution in [3.8, 4) is 29.3 Å². The van der Waals surface area contributed by atoms with E-state index in [1.807, 2.05) is 19.9 Å². The molecule has 0 radical (unpaired) electrons. The van der Waals surface area contributed by atoms with Gasteiger partial charge in [0.15, 0.2) is 0 Å². The molecule has 13 rings (SSSR count). The van der Waals surface area contributed by atoms with Gasteiger partial charge in [0.25, 0.3) is 5.88 Å². The van der Waals surface area contributed by atoms with Gasteiger partial charge in [0.1, 0.15) is 34.0 Å². The third-order valence-corrected chi connectivity index (χ3v) is 26.5. The first-order valence-electron chi connectivity index (χ1n) is 50.6. The summed E-state index contributed by atoms with van der Waals surface area (Å²) >= 11 is 17.9. The Labute approximate surface area is 773 Å². The average molecular weight is 1880 g/mol. The van der Waals surface area contributed by atoms with Gasteiger partial charge in [-0.15, -0.1) is 0 Å². The maximum absolute atomic E-state index is 10.7. The largest absolute Gasteiger partial charge is 0.502 e. The molecule has 5 aromatic rings. The second-order valence-electron chi connectivity index (χ2n) is 36.3. The molecule has 4 saturated carbocycles. The van der Waals surface area contributed by atoms with E-state index in [0.717, 1.165) is 178 Å². The van der Waals surface area contributed by atoms with Crippen molar-refractivity contribution in [2.75, 3.05) is 77.3 Å². The third-order valence-electron chi connectivity index (χ3n) is 25.4. The fraction of sp³-hybridized carbons (Fsp3) is 0.800. The molecule has 5 aromatic heterocycles. The van der Waals surface area contributed by atoms with Crippen LogP contribution in [-0.2, 0) is 19.3 Å². The van der Waals surface area contributed by atoms with Crippen LogP contribution in [0.4, 0.5) is 23.8 Å². The minimum Gasteiger partial charge on any atom is -0.502 e. The molecule has 123 heavy (non-hydrogen) atoms. The summed E-state index contributed by atoms with van der Waals surface area (Å²) in [7, 11) is 0. The summed E-state index contributed by atoms with van der Waals surface area (Å²) in [6, 6.07) is 5.68. The van der Waals surface area contributed by atoms with E-state index in [1.165, 1.54) is 346 Å². The lowest BCUT2D eigenvalue weighted by atomic mass is 9.96. The summed E-state index contributed by atoms with van der Waals surface area (Å²) in [5, 5.41) is 12.3. The number of aromatic nitrogens is 10. The molecule has 4 saturated heterocycles. The van der Waals surface area contributed by atoms with Crippen molar-refractivity contribution in [3.63, 3.8) is 0 Å². The van der Waals surface area contributed by atoms with Crippen molar-refractivity contribution >= 4 is 78.9 Å². The van der Waals surface area contributed by atoms with Crippen LogP contribution in [0.3, 0.4) is 0 Å². The molecule has 0 unspecified atom stereocenters. The van der Waals surface area contributed by atoms with Crippen molar-refractivity contribution in [1.82, 2.24) is 49.8 Å². The van der Waals surface area contributed by atoms with Crippen LogP contribution in [0.25, 0.3) is 0 Å². The fourth-order valence-electron chi connectivity index (χ4n) is 15.9. The number of alkyl halides is 1. The summed E-state index contributed by atoms with van der Waals surface area (Å²) in [4.78, 5) is 53.7. The minimum absolute atomic E-state index is 0.177. The Balaban J connectivity index is 0.000000198. The lowest BCUT2D eigenvalue weighted by Gasteiger charge is -2.32. The van der Waals surface area contributed by atoms with E-state index in [0.29, 0.717) is 29.3 Å². The lowest BCUT2D eigenvalue weighted by Crippen LogP contribution is -2.38. The van der Waals surface area contributed by atoms with Crippen LogP contribution in [0.5, 0.6) is 29.3 Å². The van der Waals surface area contributed by atoms with Crippen molar-refractivity contribution in [3.05, 3.63) is 61.6 Å². The van der Waals surface area contributed by atoms with E-state index in [4.69, 9.17) is 62.1 Å². The molecule has 694 valence electrons. The van der Waals surface area contributed by atoms with Gasteiger partial charge in [0.05, 0.1) is 11.4 Å². The van der Waals surface area contributed by atoms with Crippen LogP contribution in [0.2, 0.25) is 10.4 Å². The smallest absolute Gasteiger partial charge is 0.262 e. The maximum Gasteiger partial charge on any atom is 0.262 e. The molecule has 0 spiro atoms. The highest BCUT2D eigenvalue weighted by Crippen LogP contribution is 2.38. The van der Waals surface area contributed by atoms with Gasteiger partial charge in [0.2, 0.25) is 52.5 Å². The highest BCUT2D eigenvalue weighted by Gasteiger charge is 2.30. The van der Waals surface area contributed by atoms with Gasteiger partial charge in [-0.1, -0.05) is 306 Å². The van der Waals surface area contributed by atoms with Gasteiger partial charge >= 0.3 is 0 Å². The first kappa shape index (κ1) is 104. The predicted octanol–water partition coefficient (Wildman–Crippen LogP) is 28.8. The predicted molar refractivity (Wildman–Crippen MR) is 521 cm³/mol. The monoisotopic (exact) mass is 1870 g/mol. The first-order valence-corrected chi connectivity index (χ1v) is 53.3. The number of nitrogens with zero attached hydrogens (tertiary/aromatic N) is 14. The van der Waals surface area contributed by atoms with Gasteiger partial charge in [-0.2, -0.15) is 19.9 Å². The first-order chi connectivity index (χ1) is 60.3. The molecule has 0 atom stereocenters. The molecular formula is C100H166Br2Cl2N14O5. The van der Waals surface area contributed by atoms with Gasteiger partial charge in [-0.25, -0.2) is 29.9 Å². The number of halogens is 4. The standard InChI is InChI=1S/C27H46BrN3O.C27H47N3O2.C27H47N3O.C12H17N3O.C5H4Cl2N2.C2H5Br/c1-2-3-4-5-6-7-8-9-10-11-12-13-14-15-20-24-25(28)26(32-23-18-16-19-23)30-27(29-24)31-21-17-22-31;1-2-3-4-5-6-7-8-9-10-11-12-13-14-15-20-24-25(31)26(32-23-18-16-19-23)29-27(28-24)30-21-17-22-30;1-2-3-4-5-6-7-8-9-10-11-12-13-14-15-18-24-23-26(31-25-19-16-20-25)29-27(28-24)30-21-17-22-30;1-9-8-11(16-10-4-2-5-10)14-12(13-9)15-6-3-7-15;1-3-2-4(6)9-5(7)8-3;1-2-3/h23H,2-22H2,1H3;23,31H,2-22H2,1H3;23,25H,2-22H2,1H3;8,10H,2-7H2,1H3;2H,1H3;2H2,1H3. The van der Waals surface area contributed by atoms with Crippen molar-refractivity contribution in [2.24, 2.45) is 0 Å². The Morgan fingerprint density at radius 3 is 0.951 bits per heavy atom. The van der Waals surface area contributed by atoms with Gasteiger partial charge in [-0.05, 0) is 189 Å². The summed E-state index contributed by atoms with van der Waals surface area (Å²) in [6.45, 7) is 21.2. The summed E-state index contributed by atoms with van der Waals surface area (Å²) in [5.41, 5.74) is 4.85. The quantitative estimate of drug-likeness (QED) is 0.0167. The molecule has 23 heteroatoms. The number of unbranched alkanes of at least 4 members (excludes halogenated alkanes) is 39. The third kappa shape index (κ3) is 42.5. The molecule has 8 fully saturated rings. The van der Waals surface area contributed by atoms with E-state index >= 15 is 0 Å². The van der Waals surface area contributed by atoms with Crippen LogP contribution >= 0.6 is 55.1 Å². The number of aryl methyl sites for hydroxylation is 5. The van der Waals surface area contributed by atoms with Gasteiger partial charge in [0, 0.05) is 86.9 Å². The molecule has 4 aliphatic heterocycles. The maximum atomic E-state index is 10.7. The second kappa shape index (κ2) is 64.0. The van der Waals surface area contributed by atoms with E-state index in [2.05, 4.69) is 108 Å². The van der Waals surface area contributed by atoms with E-state index < -0.39 is 0 Å². The molecule has 0 amide bonds. The number of anilines is 4. The molecule has 8 aliphatic rings. The Morgan fingerprint density at radius 2 is 0.618 bits per heavy atom. The zero-order valence-corrected chi connectivity index (χ0v) is 82.6. The van der Waals surface area contributed by atoms with Gasteiger partial charge in [-0.3, -0.25) is 0 Å². The second-order valence-corrected chi connectivity index (χ2v) is 39.0. The van der Waals surface area contributed by atoms with Crippen LogP contribution in [-0.4, -0.2) is 137 Å². The molecule has 19 nitrogen and oxygen atoms in total. The molecular weight excluding hydrogens is 1710 g/mol. The Bertz CT molecular complexity index is 3400. The lowest BCUT2D eigenvalue weighted by molar-refractivity contribution is 0.110. The highest BCUT2D eigenvalue weighted by molar-refractivity contribution is 9.10. The number of ether oxygens (including phenoxy) is 4. The highest BCUT2D eigenvalue weighted by atomic mass is 79.9. The van der Waals surface area contributed by atoms with Crippen LogP contribution in [0.1, 0.15) is 429 Å². The van der Waals surface area contributed by atoms with Crippen LogP contribution < -0.4 is 38.5 Å². The van der Waals surface area contributed by atoms with Crippen molar-refractivity contribution < 1.29 is 24.1 Å². The zero-order valence-electron chi connectivity index (χ0n) is 77.9. The average Bonchev–Trinajstić information content (AvgIpc) is 0.810. The zero-order chi connectivity index (χ0) is 87.0. The van der Waals surface area contributed by atoms with E-state index in [-0.39, 0.29) is 17.1 Å². The number of hydrogen-bond acceptors (Lipinski definition) is 19. The molecule has 0 bridgehead atoms. The topological polar surface area (TPSA) is 199 Å². The Hall–Kier alpha value is -4.86. The van der Waals surface area contributed by atoms with Crippen molar-refractivity contribution in [1.29, 1.82) is 0 Å². The summed E-state index contributed by atoms with van der Waals surface area (Å²) < 4.78 is 25.1. The van der Waals surface area contributed by atoms with Crippen LogP contribution in [0, 0.1) is 13.8 Å². The number of rotatable bonds is 57. The van der Waals surface area contributed by atoms with Crippen LogP contribution in [0.15, 0.2) is 22.7 Å². The molecule has 1 N–H and O–H groups in total. The number of aromatic hydroxyl groups is 1.